The Hall–Kier alpha value is -1.39. The molecule has 0 bridgehead atoms. The van der Waals surface area contributed by atoms with Gasteiger partial charge in [0.05, 0.1) is 0 Å². The van der Waals surface area contributed by atoms with E-state index in [9.17, 15) is 14.4 Å². The van der Waals surface area contributed by atoms with Gasteiger partial charge in [0.25, 0.3) is 0 Å². The lowest BCUT2D eigenvalue weighted by molar-refractivity contribution is -0.130. The molecule has 0 heterocycles. The van der Waals surface area contributed by atoms with E-state index in [1.807, 2.05) is 13.8 Å². The highest BCUT2D eigenvalue weighted by Crippen LogP contribution is 2.24. The molecule has 2 amide bonds. The number of nitrogens with two attached hydrogens (primary N) is 1. The minimum absolute atomic E-state index is 0.139. The number of carbonyl (C=O) groups is 3. The number of hydrogen-bond donors (Lipinski definition) is 2. The monoisotopic (exact) mass is 254 g/mol. The topological polar surface area (TPSA) is 89.3 Å². The first-order valence-electron chi connectivity index (χ1n) is 6.50. The molecular weight excluding hydrogens is 232 g/mol. The fourth-order valence-corrected chi connectivity index (χ4v) is 2.37. The molecule has 102 valence electrons. The van der Waals surface area contributed by atoms with Crippen LogP contribution in [0.3, 0.4) is 0 Å². The first-order valence-corrected chi connectivity index (χ1v) is 6.50. The van der Waals surface area contributed by atoms with Crippen LogP contribution in [0.4, 0.5) is 0 Å². The molecule has 0 aromatic rings. The van der Waals surface area contributed by atoms with Crippen LogP contribution in [0.2, 0.25) is 0 Å². The number of Topliss-reactive ketones (excluding diaryl/α,β-unsaturated/α-hetero) is 1. The van der Waals surface area contributed by atoms with Crippen LogP contribution < -0.4 is 11.1 Å². The molecule has 1 rings (SSSR count). The van der Waals surface area contributed by atoms with Crippen molar-refractivity contribution in [1.82, 2.24) is 5.32 Å². The number of nitrogens with one attached hydrogen (secondary N) is 1. The normalized spacial score (nSPS) is 21.7. The predicted octanol–water partition coefficient (Wildman–Crippen LogP) is 0.762. The number of amides is 2. The minimum Gasteiger partial charge on any atom is -0.368 e. The Balaban J connectivity index is 2.62. The van der Waals surface area contributed by atoms with Gasteiger partial charge in [-0.2, -0.15) is 0 Å². The summed E-state index contributed by atoms with van der Waals surface area (Å²) in [6, 6.07) is -0.708. The molecule has 0 aromatic carbocycles. The fourth-order valence-electron chi connectivity index (χ4n) is 2.37. The molecular formula is C13H22N2O3. The van der Waals surface area contributed by atoms with Crippen LogP contribution in [0.25, 0.3) is 0 Å². The van der Waals surface area contributed by atoms with E-state index < -0.39 is 11.9 Å². The molecule has 5 heteroatoms. The van der Waals surface area contributed by atoms with E-state index in [4.69, 9.17) is 5.73 Å². The van der Waals surface area contributed by atoms with Gasteiger partial charge < -0.3 is 11.1 Å². The average Bonchev–Trinajstić information content (AvgIpc) is 2.24. The van der Waals surface area contributed by atoms with Gasteiger partial charge in [0.15, 0.2) is 0 Å². The molecule has 3 N–H and O–H groups in total. The number of rotatable bonds is 5. The van der Waals surface area contributed by atoms with Crippen LogP contribution in [0.5, 0.6) is 0 Å². The maximum atomic E-state index is 11.7. The number of carbonyl (C=O) groups excluding carboxylic acids is 3. The average molecular weight is 254 g/mol. The second kappa shape index (κ2) is 6.52. The highest BCUT2D eigenvalue weighted by Gasteiger charge is 2.31. The van der Waals surface area contributed by atoms with Gasteiger partial charge in [-0.3, -0.25) is 14.4 Å². The SMILES string of the molecule is CC(C)CC(=O)N[C@@H](C(N)=O)[C@@H]1CCCC(=O)C1. The van der Waals surface area contributed by atoms with Gasteiger partial charge in [-0.25, -0.2) is 0 Å². The van der Waals surface area contributed by atoms with Crippen molar-refractivity contribution in [3.63, 3.8) is 0 Å². The number of hydrogen-bond acceptors (Lipinski definition) is 3. The summed E-state index contributed by atoms with van der Waals surface area (Å²) in [5.74, 6) is -0.486. The second-order valence-electron chi connectivity index (χ2n) is 5.44. The Morgan fingerprint density at radius 3 is 2.61 bits per heavy atom. The molecule has 0 aromatic heterocycles. The summed E-state index contributed by atoms with van der Waals surface area (Å²) >= 11 is 0. The van der Waals surface area contributed by atoms with Crippen molar-refractivity contribution in [3.05, 3.63) is 0 Å². The van der Waals surface area contributed by atoms with E-state index >= 15 is 0 Å². The molecule has 18 heavy (non-hydrogen) atoms. The molecule has 1 fully saturated rings. The largest absolute Gasteiger partial charge is 0.368 e. The maximum Gasteiger partial charge on any atom is 0.240 e. The van der Waals surface area contributed by atoms with Gasteiger partial charge in [0.1, 0.15) is 11.8 Å². The lowest BCUT2D eigenvalue weighted by Gasteiger charge is -2.28. The second-order valence-corrected chi connectivity index (χ2v) is 5.44. The van der Waals surface area contributed by atoms with Gasteiger partial charge in [-0.1, -0.05) is 13.8 Å². The molecule has 0 saturated heterocycles. The summed E-state index contributed by atoms with van der Waals surface area (Å²) in [5.41, 5.74) is 5.33. The Morgan fingerprint density at radius 2 is 2.11 bits per heavy atom. The zero-order valence-electron chi connectivity index (χ0n) is 11.1. The van der Waals surface area contributed by atoms with Crippen LogP contribution in [-0.4, -0.2) is 23.6 Å². The Morgan fingerprint density at radius 1 is 1.44 bits per heavy atom. The van der Waals surface area contributed by atoms with Crippen LogP contribution in [0.15, 0.2) is 0 Å². The lowest BCUT2D eigenvalue weighted by atomic mass is 9.82. The van der Waals surface area contributed by atoms with Crippen molar-refractivity contribution in [2.45, 2.75) is 52.0 Å². The van der Waals surface area contributed by atoms with E-state index in [0.29, 0.717) is 19.3 Å². The van der Waals surface area contributed by atoms with E-state index in [0.717, 1.165) is 12.8 Å². The summed E-state index contributed by atoms with van der Waals surface area (Å²) in [5, 5.41) is 2.67. The summed E-state index contributed by atoms with van der Waals surface area (Å²) in [7, 11) is 0. The van der Waals surface area contributed by atoms with Crippen molar-refractivity contribution in [2.75, 3.05) is 0 Å². The number of ketones is 1. The molecule has 2 atom stereocenters. The van der Waals surface area contributed by atoms with Crippen molar-refractivity contribution >= 4 is 17.6 Å². The third kappa shape index (κ3) is 4.47. The van der Waals surface area contributed by atoms with Crippen LogP contribution in [0, 0.1) is 11.8 Å². The van der Waals surface area contributed by atoms with Gasteiger partial charge in [0, 0.05) is 19.3 Å². The first-order chi connectivity index (χ1) is 8.40. The van der Waals surface area contributed by atoms with Crippen molar-refractivity contribution in [3.8, 4) is 0 Å². The molecule has 1 aliphatic carbocycles. The molecule has 1 saturated carbocycles. The maximum absolute atomic E-state index is 11.7. The van der Waals surface area contributed by atoms with E-state index in [1.165, 1.54) is 0 Å². The van der Waals surface area contributed by atoms with Crippen molar-refractivity contribution in [1.29, 1.82) is 0 Å². The van der Waals surface area contributed by atoms with Gasteiger partial charge >= 0.3 is 0 Å². The van der Waals surface area contributed by atoms with Crippen LogP contribution >= 0.6 is 0 Å². The van der Waals surface area contributed by atoms with Crippen molar-refractivity contribution < 1.29 is 14.4 Å². The Kier molecular flexibility index (Phi) is 5.31. The third-order valence-corrected chi connectivity index (χ3v) is 3.21. The standard InChI is InChI=1S/C13H22N2O3/c1-8(2)6-11(17)15-12(13(14)18)9-4-3-5-10(16)7-9/h8-9,12H,3-7H2,1-2H3,(H2,14,18)(H,15,17)/t9-,12-/m1/s1. The fraction of sp³-hybridized carbons (Fsp3) is 0.769. The van der Waals surface area contributed by atoms with Gasteiger partial charge in [-0.15, -0.1) is 0 Å². The Bertz CT molecular complexity index is 339. The number of primary amides is 1. The smallest absolute Gasteiger partial charge is 0.240 e. The molecule has 0 radical (unpaired) electrons. The lowest BCUT2D eigenvalue weighted by Crippen LogP contribution is -2.50. The van der Waals surface area contributed by atoms with E-state index in [-0.39, 0.29) is 23.5 Å². The summed E-state index contributed by atoms with van der Waals surface area (Å²) < 4.78 is 0. The van der Waals surface area contributed by atoms with E-state index in [1.54, 1.807) is 0 Å². The molecule has 0 unspecified atom stereocenters. The van der Waals surface area contributed by atoms with Crippen LogP contribution in [-0.2, 0) is 14.4 Å². The van der Waals surface area contributed by atoms with Gasteiger partial charge in [0.2, 0.25) is 11.8 Å². The Labute approximate surface area is 107 Å². The van der Waals surface area contributed by atoms with Crippen LogP contribution in [0.1, 0.15) is 46.0 Å². The first kappa shape index (κ1) is 14.7. The molecule has 0 spiro atoms. The zero-order valence-corrected chi connectivity index (χ0v) is 11.1. The third-order valence-electron chi connectivity index (χ3n) is 3.21. The zero-order chi connectivity index (χ0) is 13.7. The minimum atomic E-state index is -0.708. The summed E-state index contributed by atoms with van der Waals surface area (Å²) in [6.07, 6.45) is 2.82. The van der Waals surface area contributed by atoms with E-state index in [2.05, 4.69) is 5.32 Å². The van der Waals surface area contributed by atoms with Gasteiger partial charge in [-0.05, 0) is 24.7 Å². The highest BCUT2D eigenvalue weighted by molar-refractivity contribution is 5.88. The predicted molar refractivity (Wildman–Crippen MR) is 67.5 cm³/mol. The molecule has 1 aliphatic rings. The highest BCUT2D eigenvalue weighted by atomic mass is 16.2. The summed E-state index contributed by atoms with van der Waals surface area (Å²) in [4.78, 5) is 34.5. The quantitative estimate of drug-likeness (QED) is 0.759. The molecule has 5 nitrogen and oxygen atoms in total. The van der Waals surface area contributed by atoms with Crippen molar-refractivity contribution in [2.24, 2.45) is 17.6 Å². The molecule has 0 aliphatic heterocycles. The summed E-state index contributed by atoms with van der Waals surface area (Å²) in [6.45, 7) is 3.87.